The fourth-order valence-corrected chi connectivity index (χ4v) is 3.57. The highest BCUT2D eigenvalue weighted by atomic mass is 15.3. The maximum absolute atomic E-state index is 4.64. The maximum Gasteiger partial charge on any atom is 0.249 e. The van der Waals surface area contributed by atoms with Crippen molar-refractivity contribution in [1.29, 1.82) is 0 Å². The van der Waals surface area contributed by atoms with Gasteiger partial charge in [0.05, 0.1) is 6.20 Å². The first-order valence-corrected chi connectivity index (χ1v) is 9.53. The van der Waals surface area contributed by atoms with Crippen LogP contribution < -0.4 is 15.1 Å². The lowest BCUT2D eigenvalue weighted by molar-refractivity contribution is 0.312. The Balaban J connectivity index is 1.41. The summed E-state index contributed by atoms with van der Waals surface area (Å²) in [7, 11) is 2.15. The first-order chi connectivity index (χ1) is 12.8. The van der Waals surface area contributed by atoms with Crippen molar-refractivity contribution < 1.29 is 0 Å². The van der Waals surface area contributed by atoms with Crippen LogP contribution in [-0.4, -0.2) is 66.4 Å². The lowest BCUT2D eigenvalue weighted by Gasteiger charge is -2.32. The first kappa shape index (κ1) is 17.0. The second kappa shape index (κ2) is 7.86. The molecule has 7 heteroatoms. The Bertz CT molecular complexity index is 704. The Morgan fingerprint density at radius 3 is 2.31 bits per heavy atom. The monoisotopic (exact) mass is 353 g/mol. The van der Waals surface area contributed by atoms with Crippen molar-refractivity contribution in [3.8, 4) is 0 Å². The zero-order valence-electron chi connectivity index (χ0n) is 15.4. The lowest BCUT2D eigenvalue weighted by atomic mass is 10.1. The maximum atomic E-state index is 4.64. The van der Waals surface area contributed by atoms with Gasteiger partial charge in [-0.2, -0.15) is 10.1 Å². The number of nitrogens with zero attached hydrogens (tertiary/aromatic N) is 6. The topological polar surface area (TPSA) is 60.4 Å². The highest BCUT2D eigenvalue weighted by molar-refractivity contribution is 5.60. The summed E-state index contributed by atoms with van der Waals surface area (Å²) in [5, 5.41) is 11.5. The van der Waals surface area contributed by atoms with Crippen molar-refractivity contribution >= 4 is 23.1 Å². The summed E-state index contributed by atoms with van der Waals surface area (Å²) in [4.78, 5) is 11.7. The number of hydrogen-bond acceptors (Lipinski definition) is 7. The molecule has 3 heterocycles. The van der Waals surface area contributed by atoms with Crippen LogP contribution in [0.25, 0.3) is 0 Å². The average molecular weight is 353 g/mol. The van der Waals surface area contributed by atoms with Crippen LogP contribution in [0.3, 0.4) is 0 Å². The van der Waals surface area contributed by atoms with Crippen LogP contribution in [0.5, 0.6) is 0 Å². The quantitative estimate of drug-likeness (QED) is 0.905. The Labute approximate surface area is 155 Å². The summed E-state index contributed by atoms with van der Waals surface area (Å²) in [5.74, 6) is 1.44. The van der Waals surface area contributed by atoms with E-state index in [-0.39, 0.29) is 0 Å². The molecule has 26 heavy (non-hydrogen) atoms. The zero-order chi connectivity index (χ0) is 17.8. The molecule has 2 fully saturated rings. The van der Waals surface area contributed by atoms with E-state index >= 15 is 0 Å². The SMILES string of the molecule is CN1CCN(c2cnnc(Nc3ccc(N4CCCCC4)cc3)n2)CC1. The van der Waals surface area contributed by atoms with E-state index in [9.17, 15) is 0 Å². The summed E-state index contributed by atoms with van der Waals surface area (Å²) >= 11 is 0. The molecule has 0 radical (unpaired) electrons. The summed E-state index contributed by atoms with van der Waals surface area (Å²) in [6.45, 7) is 6.35. The Hall–Kier alpha value is -2.41. The van der Waals surface area contributed by atoms with Crippen LogP contribution in [0.15, 0.2) is 30.5 Å². The molecule has 1 aromatic heterocycles. The predicted octanol–water partition coefficient (Wildman–Crippen LogP) is 2.36. The van der Waals surface area contributed by atoms with E-state index < -0.39 is 0 Å². The van der Waals surface area contributed by atoms with Crippen molar-refractivity contribution in [3.05, 3.63) is 30.5 Å². The van der Waals surface area contributed by atoms with Gasteiger partial charge >= 0.3 is 0 Å². The molecule has 0 aliphatic carbocycles. The molecule has 0 unspecified atom stereocenters. The van der Waals surface area contributed by atoms with Crippen molar-refractivity contribution in [2.45, 2.75) is 19.3 Å². The van der Waals surface area contributed by atoms with Gasteiger partial charge in [0.15, 0.2) is 5.82 Å². The lowest BCUT2D eigenvalue weighted by Crippen LogP contribution is -2.44. The number of anilines is 4. The van der Waals surface area contributed by atoms with Crippen LogP contribution in [0.2, 0.25) is 0 Å². The first-order valence-electron chi connectivity index (χ1n) is 9.53. The van der Waals surface area contributed by atoms with Crippen LogP contribution in [-0.2, 0) is 0 Å². The molecule has 2 saturated heterocycles. The van der Waals surface area contributed by atoms with Crippen molar-refractivity contribution in [3.63, 3.8) is 0 Å². The molecule has 0 atom stereocenters. The fourth-order valence-electron chi connectivity index (χ4n) is 3.57. The molecule has 2 aromatic rings. The normalized spacial score (nSPS) is 18.8. The molecule has 138 valence electrons. The smallest absolute Gasteiger partial charge is 0.249 e. The van der Waals surface area contributed by atoms with E-state index in [2.05, 4.69) is 66.5 Å². The minimum absolute atomic E-state index is 0.548. The third kappa shape index (κ3) is 4.04. The number of aromatic nitrogens is 3. The zero-order valence-corrected chi connectivity index (χ0v) is 15.4. The largest absolute Gasteiger partial charge is 0.372 e. The second-order valence-electron chi connectivity index (χ2n) is 7.15. The van der Waals surface area contributed by atoms with Gasteiger partial charge in [0.25, 0.3) is 0 Å². The molecule has 1 aromatic carbocycles. The van der Waals surface area contributed by atoms with Crippen LogP contribution in [0, 0.1) is 0 Å². The fraction of sp³-hybridized carbons (Fsp3) is 0.526. The third-order valence-electron chi connectivity index (χ3n) is 5.22. The van der Waals surface area contributed by atoms with E-state index in [0.29, 0.717) is 5.95 Å². The predicted molar refractivity (Wildman–Crippen MR) is 105 cm³/mol. The number of benzene rings is 1. The Morgan fingerprint density at radius 1 is 0.846 bits per heavy atom. The molecule has 0 amide bonds. The standard InChI is InChI=1S/C19H27N7/c1-24-11-13-26(14-12-24)18-15-20-23-19(22-18)21-16-5-7-17(8-6-16)25-9-3-2-4-10-25/h5-8,15H,2-4,9-14H2,1H3,(H,21,22,23). The summed E-state index contributed by atoms with van der Waals surface area (Å²) < 4.78 is 0. The third-order valence-corrected chi connectivity index (χ3v) is 5.22. The minimum Gasteiger partial charge on any atom is -0.372 e. The number of rotatable bonds is 4. The summed E-state index contributed by atoms with van der Waals surface area (Å²) in [6.07, 6.45) is 5.68. The van der Waals surface area contributed by atoms with Gasteiger partial charge in [-0.1, -0.05) is 0 Å². The second-order valence-corrected chi connectivity index (χ2v) is 7.15. The van der Waals surface area contributed by atoms with Gasteiger partial charge < -0.3 is 20.0 Å². The molecule has 0 spiro atoms. The van der Waals surface area contributed by atoms with E-state index in [0.717, 1.165) is 50.8 Å². The van der Waals surface area contributed by atoms with Gasteiger partial charge in [-0.15, -0.1) is 5.10 Å². The molecular formula is C19H27N7. The van der Waals surface area contributed by atoms with Gasteiger partial charge in [0, 0.05) is 50.6 Å². The van der Waals surface area contributed by atoms with E-state index in [1.807, 2.05) is 0 Å². The Kier molecular flexibility index (Phi) is 5.15. The summed E-state index contributed by atoms with van der Waals surface area (Å²) in [5.41, 5.74) is 2.28. The molecule has 1 N–H and O–H groups in total. The van der Waals surface area contributed by atoms with Crippen molar-refractivity contribution in [2.24, 2.45) is 0 Å². The molecular weight excluding hydrogens is 326 g/mol. The van der Waals surface area contributed by atoms with Gasteiger partial charge in [-0.25, -0.2) is 0 Å². The van der Waals surface area contributed by atoms with Crippen LogP contribution in [0.4, 0.5) is 23.1 Å². The molecule has 0 saturated carbocycles. The molecule has 2 aliphatic heterocycles. The highest BCUT2D eigenvalue weighted by Gasteiger charge is 2.16. The van der Waals surface area contributed by atoms with Gasteiger partial charge in [0.2, 0.25) is 5.95 Å². The van der Waals surface area contributed by atoms with E-state index in [4.69, 9.17) is 0 Å². The Morgan fingerprint density at radius 2 is 1.58 bits per heavy atom. The van der Waals surface area contributed by atoms with E-state index in [1.54, 1.807) is 6.20 Å². The van der Waals surface area contributed by atoms with Crippen LogP contribution >= 0.6 is 0 Å². The molecule has 7 nitrogen and oxygen atoms in total. The number of piperidine rings is 1. The number of piperazine rings is 1. The van der Waals surface area contributed by atoms with Crippen molar-refractivity contribution in [2.75, 3.05) is 61.4 Å². The number of hydrogen-bond donors (Lipinski definition) is 1. The molecule has 0 bridgehead atoms. The van der Waals surface area contributed by atoms with E-state index in [1.165, 1.54) is 24.9 Å². The highest BCUT2D eigenvalue weighted by Crippen LogP contribution is 2.23. The molecule has 2 aliphatic rings. The number of nitrogens with one attached hydrogen (secondary N) is 1. The van der Waals surface area contributed by atoms with Crippen LogP contribution in [0.1, 0.15) is 19.3 Å². The van der Waals surface area contributed by atoms with Gasteiger partial charge in [-0.3, -0.25) is 0 Å². The number of likely N-dealkylation sites (N-methyl/N-ethyl adjacent to an activating group) is 1. The van der Waals surface area contributed by atoms with Crippen molar-refractivity contribution in [1.82, 2.24) is 20.1 Å². The van der Waals surface area contributed by atoms with Gasteiger partial charge in [0.1, 0.15) is 0 Å². The molecule has 4 rings (SSSR count). The summed E-state index contributed by atoms with van der Waals surface area (Å²) in [6, 6.07) is 8.53. The minimum atomic E-state index is 0.548. The average Bonchev–Trinajstić information content (AvgIpc) is 2.70. The van der Waals surface area contributed by atoms with Gasteiger partial charge in [-0.05, 0) is 50.6 Å².